The predicted molar refractivity (Wildman–Crippen MR) is 71.1 cm³/mol. The van der Waals surface area contributed by atoms with Gasteiger partial charge < -0.3 is 5.32 Å². The highest BCUT2D eigenvalue weighted by molar-refractivity contribution is 6.42. The monoisotopic (exact) mass is 269 g/mol. The number of aryl methyl sites for hydroxylation is 1. The van der Waals surface area contributed by atoms with Gasteiger partial charge in [0.05, 0.1) is 21.4 Å². The standard InChI is InChI=1S/C12H13Cl2N3/c1-8-9(6-15-2)7-17(16-8)10-3-4-11(13)12(14)5-10/h3-5,7,15H,6H2,1-2H3. The van der Waals surface area contributed by atoms with Crippen LogP contribution in [-0.4, -0.2) is 16.8 Å². The molecule has 0 fully saturated rings. The van der Waals surface area contributed by atoms with Crippen LogP contribution in [0.2, 0.25) is 10.0 Å². The summed E-state index contributed by atoms with van der Waals surface area (Å²) in [4.78, 5) is 0. The van der Waals surface area contributed by atoms with Crippen LogP contribution in [0.5, 0.6) is 0 Å². The van der Waals surface area contributed by atoms with Crippen molar-refractivity contribution in [3.63, 3.8) is 0 Å². The highest BCUT2D eigenvalue weighted by atomic mass is 35.5. The van der Waals surface area contributed by atoms with E-state index in [2.05, 4.69) is 10.4 Å². The Morgan fingerprint density at radius 3 is 2.71 bits per heavy atom. The molecule has 0 aliphatic heterocycles. The Kier molecular flexibility index (Phi) is 3.72. The van der Waals surface area contributed by atoms with E-state index in [9.17, 15) is 0 Å². The number of benzene rings is 1. The lowest BCUT2D eigenvalue weighted by Gasteiger charge is -2.02. The highest BCUT2D eigenvalue weighted by Crippen LogP contribution is 2.24. The second-order valence-corrected chi connectivity index (χ2v) is 4.63. The molecule has 1 aromatic carbocycles. The van der Waals surface area contributed by atoms with Crippen molar-refractivity contribution in [2.24, 2.45) is 0 Å². The van der Waals surface area contributed by atoms with Crippen LogP contribution in [0.4, 0.5) is 0 Å². The van der Waals surface area contributed by atoms with E-state index in [-0.39, 0.29) is 0 Å². The van der Waals surface area contributed by atoms with E-state index in [0.717, 1.165) is 17.9 Å². The molecule has 3 nitrogen and oxygen atoms in total. The maximum absolute atomic E-state index is 5.99. The molecule has 2 aromatic rings. The van der Waals surface area contributed by atoms with E-state index in [4.69, 9.17) is 23.2 Å². The highest BCUT2D eigenvalue weighted by Gasteiger charge is 2.07. The van der Waals surface area contributed by atoms with Gasteiger partial charge in [0, 0.05) is 18.3 Å². The maximum Gasteiger partial charge on any atom is 0.0661 e. The summed E-state index contributed by atoms with van der Waals surface area (Å²) in [6, 6.07) is 5.47. The molecule has 1 aromatic heterocycles. The van der Waals surface area contributed by atoms with Crippen LogP contribution in [0.3, 0.4) is 0 Å². The first-order chi connectivity index (χ1) is 8.11. The Morgan fingerprint density at radius 2 is 2.06 bits per heavy atom. The summed E-state index contributed by atoms with van der Waals surface area (Å²) in [7, 11) is 1.91. The molecule has 0 bridgehead atoms. The first kappa shape index (κ1) is 12.4. The molecular formula is C12H13Cl2N3. The maximum atomic E-state index is 5.99. The molecule has 0 aliphatic carbocycles. The second-order valence-electron chi connectivity index (χ2n) is 3.81. The molecule has 2 rings (SSSR count). The van der Waals surface area contributed by atoms with Gasteiger partial charge in [-0.05, 0) is 32.2 Å². The number of rotatable bonds is 3. The smallest absolute Gasteiger partial charge is 0.0661 e. The van der Waals surface area contributed by atoms with Gasteiger partial charge >= 0.3 is 0 Å². The number of nitrogens with zero attached hydrogens (tertiary/aromatic N) is 2. The molecule has 0 atom stereocenters. The van der Waals surface area contributed by atoms with Crippen molar-refractivity contribution in [3.8, 4) is 5.69 Å². The third kappa shape index (κ3) is 2.63. The van der Waals surface area contributed by atoms with E-state index >= 15 is 0 Å². The molecule has 5 heteroatoms. The fourth-order valence-corrected chi connectivity index (χ4v) is 1.91. The van der Waals surface area contributed by atoms with Gasteiger partial charge in [-0.15, -0.1) is 0 Å². The minimum absolute atomic E-state index is 0.535. The van der Waals surface area contributed by atoms with Crippen LogP contribution in [-0.2, 0) is 6.54 Å². The number of halogens is 2. The zero-order chi connectivity index (χ0) is 12.4. The predicted octanol–water partition coefficient (Wildman–Crippen LogP) is 3.21. The number of aromatic nitrogens is 2. The van der Waals surface area contributed by atoms with Crippen LogP contribution in [0.25, 0.3) is 5.69 Å². The van der Waals surface area contributed by atoms with Gasteiger partial charge in [-0.1, -0.05) is 23.2 Å². The van der Waals surface area contributed by atoms with Crippen LogP contribution >= 0.6 is 23.2 Å². The lowest BCUT2D eigenvalue weighted by atomic mass is 10.2. The van der Waals surface area contributed by atoms with Crippen LogP contribution in [0, 0.1) is 6.92 Å². The molecule has 90 valence electrons. The minimum Gasteiger partial charge on any atom is -0.316 e. The van der Waals surface area contributed by atoms with Crippen molar-refractivity contribution in [2.45, 2.75) is 13.5 Å². The molecule has 0 radical (unpaired) electrons. The summed E-state index contributed by atoms with van der Waals surface area (Å²) in [5.41, 5.74) is 3.08. The topological polar surface area (TPSA) is 29.9 Å². The lowest BCUT2D eigenvalue weighted by molar-refractivity contribution is 0.812. The molecule has 1 N–H and O–H groups in total. The van der Waals surface area contributed by atoms with Gasteiger partial charge in [0.1, 0.15) is 0 Å². The Morgan fingerprint density at radius 1 is 1.29 bits per heavy atom. The van der Waals surface area contributed by atoms with Gasteiger partial charge in [0.25, 0.3) is 0 Å². The fourth-order valence-electron chi connectivity index (χ4n) is 1.62. The van der Waals surface area contributed by atoms with Gasteiger partial charge in [-0.25, -0.2) is 4.68 Å². The summed E-state index contributed by atoms with van der Waals surface area (Å²) in [6.07, 6.45) is 1.99. The van der Waals surface area contributed by atoms with E-state index in [1.165, 1.54) is 5.56 Å². The molecule has 0 saturated heterocycles. The van der Waals surface area contributed by atoms with Crippen LogP contribution in [0.15, 0.2) is 24.4 Å². The second kappa shape index (κ2) is 5.08. The normalized spacial score (nSPS) is 10.8. The quantitative estimate of drug-likeness (QED) is 0.928. The Labute approximate surface area is 110 Å². The average Bonchev–Trinajstić information content (AvgIpc) is 2.65. The lowest BCUT2D eigenvalue weighted by Crippen LogP contribution is -2.05. The van der Waals surface area contributed by atoms with Crippen molar-refractivity contribution in [1.82, 2.24) is 15.1 Å². The van der Waals surface area contributed by atoms with Crippen LogP contribution < -0.4 is 5.32 Å². The van der Waals surface area contributed by atoms with Gasteiger partial charge in [0.2, 0.25) is 0 Å². The van der Waals surface area contributed by atoms with Crippen LogP contribution in [0.1, 0.15) is 11.3 Å². The fraction of sp³-hybridized carbons (Fsp3) is 0.250. The number of hydrogen-bond acceptors (Lipinski definition) is 2. The SMILES string of the molecule is CNCc1cn(-c2ccc(Cl)c(Cl)c2)nc1C. The van der Waals surface area contributed by atoms with Crippen molar-refractivity contribution < 1.29 is 0 Å². The van der Waals surface area contributed by atoms with Crippen molar-refractivity contribution >= 4 is 23.2 Å². The molecule has 1 heterocycles. The number of hydrogen-bond donors (Lipinski definition) is 1. The molecule has 0 amide bonds. The molecule has 0 spiro atoms. The molecular weight excluding hydrogens is 257 g/mol. The molecule has 0 unspecified atom stereocenters. The van der Waals surface area contributed by atoms with Crippen molar-refractivity contribution in [3.05, 3.63) is 45.7 Å². The summed E-state index contributed by atoms with van der Waals surface area (Å²) in [5, 5.41) is 8.64. The zero-order valence-corrected chi connectivity index (χ0v) is 11.2. The Balaban J connectivity index is 2.39. The Bertz CT molecular complexity index is 535. The molecule has 0 saturated carbocycles. The zero-order valence-electron chi connectivity index (χ0n) is 9.67. The van der Waals surface area contributed by atoms with E-state index < -0.39 is 0 Å². The van der Waals surface area contributed by atoms with Gasteiger partial charge in [0.15, 0.2) is 0 Å². The third-order valence-electron chi connectivity index (χ3n) is 2.54. The summed E-state index contributed by atoms with van der Waals surface area (Å²) in [5.74, 6) is 0. The summed E-state index contributed by atoms with van der Waals surface area (Å²) in [6.45, 7) is 2.79. The summed E-state index contributed by atoms with van der Waals surface area (Å²) < 4.78 is 1.81. The Hall–Kier alpha value is -1.03. The van der Waals surface area contributed by atoms with E-state index in [1.807, 2.05) is 30.9 Å². The first-order valence-corrected chi connectivity index (χ1v) is 6.02. The number of nitrogens with one attached hydrogen (secondary N) is 1. The summed E-state index contributed by atoms with van der Waals surface area (Å²) >= 11 is 11.9. The molecule has 17 heavy (non-hydrogen) atoms. The third-order valence-corrected chi connectivity index (χ3v) is 3.27. The largest absolute Gasteiger partial charge is 0.316 e. The molecule has 0 aliphatic rings. The van der Waals surface area contributed by atoms with Crippen molar-refractivity contribution in [1.29, 1.82) is 0 Å². The van der Waals surface area contributed by atoms with Gasteiger partial charge in [-0.3, -0.25) is 0 Å². The van der Waals surface area contributed by atoms with E-state index in [1.54, 1.807) is 12.1 Å². The first-order valence-electron chi connectivity index (χ1n) is 5.27. The van der Waals surface area contributed by atoms with E-state index in [0.29, 0.717) is 10.0 Å². The van der Waals surface area contributed by atoms with Crippen molar-refractivity contribution in [2.75, 3.05) is 7.05 Å². The average molecular weight is 270 g/mol. The van der Waals surface area contributed by atoms with Gasteiger partial charge in [-0.2, -0.15) is 5.10 Å². The minimum atomic E-state index is 0.535.